The van der Waals surface area contributed by atoms with Crippen LogP contribution in [-0.4, -0.2) is 0 Å². The molecule has 1 aliphatic carbocycles. The van der Waals surface area contributed by atoms with Gasteiger partial charge in [-0.25, -0.2) is 0 Å². The molecule has 14 heavy (non-hydrogen) atoms. The second-order valence-electron chi connectivity index (χ2n) is 4.67. The highest BCUT2D eigenvalue weighted by Crippen LogP contribution is 2.43. The van der Waals surface area contributed by atoms with Gasteiger partial charge in [-0.1, -0.05) is 19.1 Å². The first-order chi connectivity index (χ1) is 6.43. The maximum absolute atomic E-state index is 4.21. The summed E-state index contributed by atoms with van der Waals surface area (Å²) in [5.74, 6) is 1.19. The van der Waals surface area contributed by atoms with Gasteiger partial charge in [0.25, 0.3) is 0 Å². The van der Waals surface area contributed by atoms with Crippen LogP contribution in [0, 0.1) is 31.1 Å². The molecule has 0 saturated heterocycles. The first kappa shape index (κ1) is 13.5. The van der Waals surface area contributed by atoms with Crippen LogP contribution in [0.25, 0.3) is 0 Å². The van der Waals surface area contributed by atoms with E-state index in [4.69, 9.17) is 0 Å². The van der Waals surface area contributed by atoms with E-state index >= 15 is 0 Å². The molecule has 0 aromatic rings. The summed E-state index contributed by atoms with van der Waals surface area (Å²) in [7, 11) is 0. The van der Waals surface area contributed by atoms with E-state index in [9.17, 15) is 0 Å². The quantitative estimate of drug-likeness (QED) is 0.538. The first-order valence-corrected chi connectivity index (χ1v) is 5.27. The van der Waals surface area contributed by atoms with E-state index in [0.717, 1.165) is 0 Å². The van der Waals surface area contributed by atoms with E-state index in [2.05, 4.69) is 47.4 Å². The Morgan fingerprint density at radius 1 is 1.36 bits per heavy atom. The SMILES string of the molecule is C=C.[CH2][C@H]1C[C@@H](C(=C)C)CC[C@]1([CH2])C. The number of hydrogen-bond donors (Lipinski definition) is 0. The third kappa shape index (κ3) is 3.32. The summed E-state index contributed by atoms with van der Waals surface area (Å²) in [6.45, 7) is 22.8. The summed E-state index contributed by atoms with van der Waals surface area (Å²) in [5, 5.41) is 0. The first-order valence-electron chi connectivity index (χ1n) is 5.27. The standard InChI is InChI=1S/C12H20.C2H4/c1-9(2)11-6-7-12(4,5)10(3)8-11;1-2/h10-11H,1,3-4,6-8H2,2,5H3;1-2H2/t10-,11-,12-;/m0./s1. The molecule has 1 rings (SSSR count). The van der Waals surface area contributed by atoms with Crippen molar-refractivity contribution in [2.24, 2.45) is 17.3 Å². The van der Waals surface area contributed by atoms with Crippen molar-refractivity contribution in [1.82, 2.24) is 0 Å². The molecule has 80 valence electrons. The van der Waals surface area contributed by atoms with E-state index in [1.54, 1.807) is 0 Å². The lowest BCUT2D eigenvalue weighted by molar-refractivity contribution is 0.173. The molecule has 0 bridgehead atoms. The van der Waals surface area contributed by atoms with Gasteiger partial charge < -0.3 is 0 Å². The lowest BCUT2D eigenvalue weighted by Crippen LogP contribution is -2.30. The van der Waals surface area contributed by atoms with Gasteiger partial charge in [-0.15, -0.1) is 13.2 Å². The second-order valence-corrected chi connectivity index (χ2v) is 4.67. The van der Waals surface area contributed by atoms with Crippen LogP contribution in [-0.2, 0) is 0 Å². The van der Waals surface area contributed by atoms with Crippen molar-refractivity contribution >= 4 is 0 Å². The molecule has 1 fully saturated rings. The van der Waals surface area contributed by atoms with Crippen LogP contribution < -0.4 is 0 Å². The minimum Gasteiger partial charge on any atom is -0.106 e. The molecule has 0 aromatic heterocycles. The molecule has 0 heteroatoms. The monoisotopic (exact) mass is 192 g/mol. The van der Waals surface area contributed by atoms with Gasteiger partial charge in [0.15, 0.2) is 0 Å². The fourth-order valence-electron chi connectivity index (χ4n) is 1.90. The Morgan fingerprint density at radius 3 is 2.21 bits per heavy atom. The maximum Gasteiger partial charge on any atom is -0.0206 e. The molecule has 0 aromatic carbocycles. The highest BCUT2D eigenvalue weighted by molar-refractivity contribution is 5.03. The predicted octanol–water partition coefficient (Wildman–Crippen LogP) is 4.46. The molecule has 0 aliphatic heterocycles. The van der Waals surface area contributed by atoms with Crippen LogP contribution >= 0.6 is 0 Å². The molecule has 0 N–H and O–H groups in total. The summed E-state index contributed by atoms with van der Waals surface area (Å²) in [6, 6.07) is 0. The van der Waals surface area contributed by atoms with Crippen LogP contribution in [0.3, 0.4) is 0 Å². The van der Waals surface area contributed by atoms with Crippen molar-refractivity contribution in [3.8, 4) is 0 Å². The zero-order chi connectivity index (χ0) is 11.4. The topological polar surface area (TPSA) is 0 Å². The van der Waals surface area contributed by atoms with Crippen LogP contribution in [0.1, 0.15) is 33.1 Å². The Labute approximate surface area is 90.1 Å². The zero-order valence-corrected chi connectivity index (χ0v) is 9.81. The Hall–Kier alpha value is -0.520. The zero-order valence-electron chi connectivity index (χ0n) is 9.81. The average molecular weight is 192 g/mol. The second kappa shape index (κ2) is 5.38. The van der Waals surface area contributed by atoms with Gasteiger partial charge in [0, 0.05) is 0 Å². The summed E-state index contributed by atoms with van der Waals surface area (Å²) >= 11 is 0. The largest absolute Gasteiger partial charge is 0.106 e. The van der Waals surface area contributed by atoms with Crippen molar-refractivity contribution in [3.63, 3.8) is 0 Å². The Kier molecular flexibility index (Phi) is 5.18. The fourth-order valence-corrected chi connectivity index (χ4v) is 1.90. The molecule has 0 nitrogen and oxygen atoms in total. The molecule has 0 amide bonds. The Bertz CT molecular complexity index is 188. The Balaban J connectivity index is 0.000000791. The van der Waals surface area contributed by atoms with Crippen LogP contribution in [0.5, 0.6) is 0 Å². The predicted molar refractivity (Wildman–Crippen MR) is 65.7 cm³/mol. The van der Waals surface area contributed by atoms with Crippen molar-refractivity contribution in [2.45, 2.75) is 33.1 Å². The van der Waals surface area contributed by atoms with Gasteiger partial charge in [0.1, 0.15) is 0 Å². The summed E-state index contributed by atoms with van der Waals surface area (Å²) < 4.78 is 0. The fraction of sp³-hybridized carbons (Fsp3) is 0.571. The van der Waals surface area contributed by atoms with Gasteiger partial charge in [0.2, 0.25) is 0 Å². The Morgan fingerprint density at radius 2 is 1.86 bits per heavy atom. The number of allylic oxidation sites excluding steroid dienone is 1. The minimum absolute atomic E-state index is 0.200. The maximum atomic E-state index is 4.21. The van der Waals surface area contributed by atoms with Crippen LogP contribution in [0.15, 0.2) is 25.3 Å². The lowest BCUT2D eigenvalue weighted by Gasteiger charge is -2.40. The summed E-state index contributed by atoms with van der Waals surface area (Å²) in [6.07, 6.45) is 3.62. The molecule has 3 atom stereocenters. The van der Waals surface area contributed by atoms with E-state index in [1.807, 2.05) is 0 Å². The van der Waals surface area contributed by atoms with Gasteiger partial charge in [-0.2, -0.15) is 0 Å². The summed E-state index contributed by atoms with van der Waals surface area (Å²) in [4.78, 5) is 0. The third-order valence-corrected chi connectivity index (χ3v) is 3.32. The molecule has 0 heterocycles. The van der Waals surface area contributed by atoms with Gasteiger partial charge >= 0.3 is 0 Å². The van der Waals surface area contributed by atoms with Gasteiger partial charge in [0.05, 0.1) is 0 Å². The molecule has 1 saturated carbocycles. The van der Waals surface area contributed by atoms with Crippen molar-refractivity contribution in [1.29, 1.82) is 0 Å². The van der Waals surface area contributed by atoms with E-state index in [-0.39, 0.29) is 5.41 Å². The van der Waals surface area contributed by atoms with Crippen LogP contribution in [0.4, 0.5) is 0 Å². The number of hydrogen-bond acceptors (Lipinski definition) is 0. The number of rotatable bonds is 1. The molecule has 2 radical (unpaired) electrons. The molecular formula is C14H24. The van der Waals surface area contributed by atoms with E-state index in [0.29, 0.717) is 11.8 Å². The lowest BCUT2D eigenvalue weighted by atomic mass is 9.65. The third-order valence-electron chi connectivity index (χ3n) is 3.32. The summed E-state index contributed by atoms with van der Waals surface area (Å²) in [5.41, 5.74) is 1.52. The van der Waals surface area contributed by atoms with E-state index < -0.39 is 0 Å². The van der Waals surface area contributed by atoms with E-state index in [1.165, 1.54) is 24.8 Å². The molecule has 0 spiro atoms. The molecular weight excluding hydrogens is 168 g/mol. The van der Waals surface area contributed by atoms with Crippen molar-refractivity contribution in [2.75, 3.05) is 0 Å². The average Bonchev–Trinajstić information content (AvgIpc) is 2.13. The van der Waals surface area contributed by atoms with Gasteiger partial charge in [-0.05, 0) is 57.3 Å². The van der Waals surface area contributed by atoms with Crippen molar-refractivity contribution in [3.05, 3.63) is 39.2 Å². The molecule has 0 unspecified atom stereocenters. The highest BCUT2D eigenvalue weighted by Gasteiger charge is 2.33. The van der Waals surface area contributed by atoms with Crippen molar-refractivity contribution < 1.29 is 0 Å². The smallest absolute Gasteiger partial charge is 0.0206 e. The normalized spacial score (nSPS) is 30.0. The minimum atomic E-state index is 0.200. The highest BCUT2D eigenvalue weighted by atomic mass is 14.4. The van der Waals surface area contributed by atoms with Gasteiger partial charge in [-0.3, -0.25) is 0 Å². The molecule has 1 aliphatic rings. The van der Waals surface area contributed by atoms with Crippen LogP contribution in [0.2, 0.25) is 0 Å².